The Bertz CT molecular complexity index is 729. The minimum Gasteiger partial charge on any atom is -0.496 e. The Morgan fingerprint density at radius 1 is 1.23 bits per heavy atom. The van der Waals surface area contributed by atoms with E-state index in [9.17, 15) is 13.6 Å². The molecule has 0 aliphatic rings. The Morgan fingerprint density at radius 3 is 2.32 bits per heavy atom. The van der Waals surface area contributed by atoms with Gasteiger partial charge in [-0.25, -0.2) is 4.79 Å². The molecule has 2 aromatic rings. The Hall–Kier alpha value is -2.12. The predicted octanol–water partition coefficient (Wildman–Crippen LogP) is 4.17. The number of aromatic carboxylic acids is 1. The normalized spacial score (nSPS) is 10.4. The Labute approximate surface area is 133 Å². The molecule has 5 nitrogen and oxygen atoms in total. The maximum atomic E-state index is 13.3. The van der Waals surface area contributed by atoms with Crippen molar-refractivity contribution in [1.82, 2.24) is 4.98 Å². The van der Waals surface area contributed by atoms with Crippen LogP contribution in [0.1, 0.15) is 10.4 Å². The van der Waals surface area contributed by atoms with Crippen molar-refractivity contribution >= 4 is 29.2 Å². The molecule has 0 fully saturated rings. The number of benzene rings is 1. The van der Waals surface area contributed by atoms with Gasteiger partial charge in [-0.15, -0.1) is 0 Å². The first kappa shape index (κ1) is 16.3. The highest BCUT2D eigenvalue weighted by Crippen LogP contribution is 2.39. The van der Waals surface area contributed by atoms with Crippen molar-refractivity contribution in [3.05, 3.63) is 45.7 Å². The number of nitrogens with zero attached hydrogens (tertiary/aromatic N) is 1. The van der Waals surface area contributed by atoms with E-state index >= 15 is 0 Å². The second-order valence-electron chi connectivity index (χ2n) is 3.92. The summed E-state index contributed by atoms with van der Waals surface area (Å²) in [6, 6.07) is 3.74. The van der Waals surface area contributed by atoms with Gasteiger partial charge in [0.15, 0.2) is 5.75 Å². The number of carboxylic acid groups (broad SMARTS) is 1. The van der Waals surface area contributed by atoms with Gasteiger partial charge in [-0.05, 0) is 18.2 Å². The quantitative estimate of drug-likeness (QED) is 0.839. The van der Waals surface area contributed by atoms with Gasteiger partial charge in [0.1, 0.15) is 27.1 Å². The van der Waals surface area contributed by atoms with Crippen LogP contribution in [0.2, 0.25) is 10.0 Å². The van der Waals surface area contributed by atoms with Crippen LogP contribution in [0.5, 0.6) is 17.2 Å². The van der Waals surface area contributed by atoms with E-state index in [1.165, 1.54) is 19.2 Å². The summed E-state index contributed by atoms with van der Waals surface area (Å²) in [5, 5.41) is 7.82. The molecule has 0 atom stereocenters. The molecule has 0 unspecified atom stereocenters. The first-order valence-electron chi connectivity index (χ1n) is 5.64. The van der Waals surface area contributed by atoms with E-state index in [1.54, 1.807) is 0 Å². The molecule has 1 heterocycles. The van der Waals surface area contributed by atoms with Crippen LogP contribution in [0.3, 0.4) is 0 Å². The number of carbonyl (C=O) groups is 1. The second kappa shape index (κ2) is 6.33. The molecule has 0 aliphatic heterocycles. The largest absolute Gasteiger partial charge is 0.496 e. The van der Waals surface area contributed by atoms with Crippen molar-refractivity contribution in [2.45, 2.75) is 0 Å². The number of carboxylic acids is 1. The highest BCUT2D eigenvalue weighted by Gasteiger charge is 2.21. The highest BCUT2D eigenvalue weighted by atomic mass is 35.5. The van der Waals surface area contributed by atoms with E-state index in [0.717, 1.165) is 6.07 Å². The minimum atomic E-state index is -1.30. The van der Waals surface area contributed by atoms with Gasteiger partial charge in [0.05, 0.1) is 7.11 Å². The summed E-state index contributed by atoms with van der Waals surface area (Å²) in [6.45, 7) is 0. The van der Waals surface area contributed by atoms with Crippen LogP contribution in [-0.2, 0) is 0 Å². The fourth-order valence-corrected chi connectivity index (χ4v) is 1.99. The number of rotatable bonds is 4. The van der Waals surface area contributed by atoms with Crippen LogP contribution >= 0.6 is 23.2 Å². The molecule has 9 heteroatoms. The smallest absolute Gasteiger partial charge is 0.339 e. The van der Waals surface area contributed by atoms with Crippen LogP contribution in [0.4, 0.5) is 8.78 Å². The summed E-state index contributed by atoms with van der Waals surface area (Å²) < 4.78 is 36.7. The SMILES string of the molecule is COc1ccc(Oc2c(Cl)c(F)nc(F)c2Cl)cc1C(=O)O. The minimum absolute atomic E-state index is 0.0491. The number of halogens is 4. The van der Waals surface area contributed by atoms with Crippen molar-refractivity contribution in [3.63, 3.8) is 0 Å². The number of hydrogen-bond donors (Lipinski definition) is 1. The molecular weight excluding hydrogens is 343 g/mol. The molecule has 1 N–H and O–H groups in total. The lowest BCUT2D eigenvalue weighted by Crippen LogP contribution is -2.01. The van der Waals surface area contributed by atoms with Gasteiger partial charge in [0.25, 0.3) is 0 Å². The first-order chi connectivity index (χ1) is 10.3. The monoisotopic (exact) mass is 349 g/mol. The van der Waals surface area contributed by atoms with Crippen LogP contribution in [-0.4, -0.2) is 23.2 Å². The molecule has 0 saturated carbocycles. The summed E-state index contributed by atoms with van der Waals surface area (Å²) in [5.74, 6) is -4.34. The average molecular weight is 350 g/mol. The van der Waals surface area contributed by atoms with Gasteiger partial charge < -0.3 is 14.6 Å². The van der Waals surface area contributed by atoms with E-state index in [2.05, 4.69) is 4.98 Å². The highest BCUT2D eigenvalue weighted by molar-refractivity contribution is 6.37. The average Bonchev–Trinajstić information content (AvgIpc) is 2.49. The van der Waals surface area contributed by atoms with Crippen molar-refractivity contribution in [1.29, 1.82) is 0 Å². The maximum Gasteiger partial charge on any atom is 0.339 e. The molecule has 1 aromatic carbocycles. The first-order valence-corrected chi connectivity index (χ1v) is 6.40. The third-order valence-corrected chi connectivity index (χ3v) is 3.23. The van der Waals surface area contributed by atoms with E-state index in [1.807, 2.05) is 0 Å². The fraction of sp³-hybridized carbons (Fsp3) is 0.0769. The van der Waals surface area contributed by atoms with E-state index in [4.69, 9.17) is 37.8 Å². The van der Waals surface area contributed by atoms with Crippen LogP contribution < -0.4 is 9.47 Å². The molecule has 1 aromatic heterocycles. The van der Waals surface area contributed by atoms with E-state index < -0.39 is 33.7 Å². The zero-order chi connectivity index (χ0) is 16.4. The van der Waals surface area contributed by atoms with Crippen LogP contribution in [0, 0.1) is 11.9 Å². The van der Waals surface area contributed by atoms with Crippen LogP contribution in [0.25, 0.3) is 0 Å². The summed E-state index contributed by atoms with van der Waals surface area (Å²) in [4.78, 5) is 14.0. The summed E-state index contributed by atoms with van der Waals surface area (Å²) in [6.07, 6.45) is 0. The number of pyridine rings is 1. The summed E-state index contributed by atoms with van der Waals surface area (Å²) >= 11 is 11.3. The predicted molar refractivity (Wildman–Crippen MR) is 74.2 cm³/mol. The van der Waals surface area contributed by atoms with E-state index in [-0.39, 0.29) is 17.1 Å². The van der Waals surface area contributed by atoms with Gasteiger partial charge in [0.2, 0.25) is 11.9 Å². The lowest BCUT2D eigenvalue weighted by molar-refractivity contribution is 0.0693. The Balaban J connectivity index is 2.48. The second-order valence-corrected chi connectivity index (χ2v) is 4.68. The topological polar surface area (TPSA) is 68.7 Å². The van der Waals surface area contributed by atoms with Gasteiger partial charge in [-0.3, -0.25) is 0 Å². The standard InChI is InChI=1S/C13H7Cl2F2NO4/c1-21-7-3-2-5(4-6(7)13(19)20)22-10-8(14)11(16)18-12(17)9(10)15/h2-4H,1H3,(H,19,20). The molecule has 0 aliphatic carbocycles. The van der Waals surface area contributed by atoms with Gasteiger partial charge in [-0.1, -0.05) is 23.2 Å². The van der Waals surface area contributed by atoms with Crippen molar-refractivity contribution in [3.8, 4) is 17.2 Å². The number of aromatic nitrogens is 1. The van der Waals surface area contributed by atoms with Crippen molar-refractivity contribution in [2.75, 3.05) is 7.11 Å². The molecule has 116 valence electrons. The molecule has 22 heavy (non-hydrogen) atoms. The Morgan fingerprint density at radius 2 is 1.82 bits per heavy atom. The summed E-state index contributed by atoms with van der Waals surface area (Å²) in [7, 11) is 1.30. The third kappa shape index (κ3) is 3.05. The number of hydrogen-bond acceptors (Lipinski definition) is 4. The molecular formula is C13H7Cl2F2NO4. The fourth-order valence-electron chi connectivity index (χ4n) is 1.59. The van der Waals surface area contributed by atoms with Gasteiger partial charge in [0, 0.05) is 0 Å². The molecule has 0 amide bonds. The zero-order valence-corrected chi connectivity index (χ0v) is 12.4. The Kier molecular flexibility index (Phi) is 4.68. The van der Waals surface area contributed by atoms with Gasteiger partial charge in [-0.2, -0.15) is 13.8 Å². The van der Waals surface area contributed by atoms with Crippen molar-refractivity contribution < 1.29 is 28.2 Å². The van der Waals surface area contributed by atoms with Crippen LogP contribution in [0.15, 0.2) is 18.2 Å². The molecule has 0 spiro atoms. The van der Waals surface area contributed by atoms with Gasteiger partial charge >= 0.3 is 5.97 Å². The molecule has 0 bridgehead atoms. The molecule has 0 saturated heterocycles. The lowest BCUT2D eigenvalue weighted by atomic mass is 10.2. The maximum absolute atomic E-state index is 13.3. The number of methoxy groups -OCH3 is 1. The number of ether oxygens (including phenoxy) is 2. The molecule has 0 radical (unpaired) electrons. The van der Waals surface area contributed by atoms with E-state index in [0.29, 0.717) is 0 Å². The lowest BCUT2D eigenvalue weighted by Gasteiger charge is -2.12. The van der Waals surface area contributed by atoms with Crippen molar-refractivity contribution in [2.24, 2.45) is 0 Å². The zero-order valence-electron chi connectivity index (χ0n) is 10.9. The third-order valence-electron chi connectivity index (χ3n) is 2.58. The molecule has 2 rings (SSSR count). The summed E-state index contributed by atoms with van der Waals surface area (Å²) in [5.41, 5.74) is -0.206.